The molecule has 0 heterocycles. The molecule has 4 saturated carbocycles. The highest BCUT2D eigenvalue weighted by Crippen LogP contribution is 2.68. The van der Waals surface area contributed by atoms with Crippen molar-refractivity contribution in [3.63, 3.8) is 0 Å². The highest BCUT2D eigenvalue weighted by atomic mass is 16.5. The summed E-state index contributed by atoms with van der Waals surface area (Å²) < 4.78 is 6.25. The molecule has 1 aromatic rings. The van der Waals surface area contributed by atoms with E-state index in [1.807, 2.05) is 6.92 Å². The number of amides is 1. The van der Waals surface area contributed by atoms with Gasteiger partial charge in [0.25, 0.3) is 0 Å². The second-order valence-corrected chi connectivity index (χ2v) is 15.2. The number of aromatic hydroxyl groups is 1. The molecule has 0 radical (unpaired) electrons. The van der Waals surface area contributed by atoms with Crippen molar-refractivity contribution < 1.29 is 34.8 Å². The van der Waals surface area contributed by atoms with Crippen LogP contribution in [0, 0.1) is 52.3 Å². The third kappa shape index (κ3) is 6.28. The number of carboxylic acids is 1. The second-order valence-electron chi connectivity index (χ2n) is 15.2. The summed E-state index contributed by atoms with van der Waals surface area (Å²) in [7, 11) is 0. The van der Waals surface area contributed by atoms with Crippen LogP contribution in [0.4, 0.5) is 0 Å². The third-order valence-electron chi connectivity index (χ3n) is 13.1. The summed E-state index contributed by atoms with van der Waals surface area (Å²) in [6.45, 7) is 9.65. The van der Waals surface area contributed by atoms with Crippen LogP contribution >= 0.6 is 0 Å². The molecule has 0 aromatic heterocycles. The fraction of sp³-hybridized carbons (Fsp3) is 0.778. The predicted molar refractivity (Wildman–Crippen MR) is 168 cm³/mol. The lowest BCUT2D eigenvalue weighted by atomic mass is 9.43. The van der Waals surface area contributed by atoms with E-state index >= 15 is 0 Å². The maximum atomic E-state index is 12.3. The number of carbonyl (C=O) groups excluding carboxylic acids is 1. The van der Waals surface area contributed by atoms with E-state index in [0.717, 1.165) is 44.1 Å². The standard InChI is InChI=1S/C36H55NO7/c1-5-23(34(42)43)16-21(2)27-10-11-28-33-29(20-31(40)36(27,28)4)35(3)13-12-26(18-24(35)19-30(33)39)44-15-14-37-32(41)17-22-6-8-25(38)9-7-22/h6-9,21,23-24,26-31,33,38-40H,5,10-20H2,1-4H3,(H,37,41)(H,42,43). The first-order valence-corrected chi connectivity index (χ1v) is 17.1. The SMILES string of the molecule is CCC(CC(C)C1CCC2C3C(O)CC4CC(OCCNC(=O)Cc5ccc(O)cc5)CCC4(C)C3CC(O)C12C)C(=O)O. The van der Waals surface area contributed by atoms with Gasteiger partial charge in [-0.25, -0.2) is 0 Å². The molecule has 0 spiro atoms. The summed E-state index contributed by atoms with van der Waals surface area (Å²) in [6, 6.07) is 6.65. The minimum absolute atomic E-state index is 0.0463. The number of carbonyl (C=O) groups is 2. The fourth-order valence-electron chi connectivity index (χ4n) is 10.6. The fourth-order valence-corrected chi connectivity index (χ4v) is 10.6. The molecule has 8 heteroatoms. The largest absolute Gasteiger partial charge is 0.508 e. The molecular weight excluding hydrogens is 558 g/mol. The summed E-state index contributed by atoms with van der Waals surface area (Å²) in [5, 5.41) is 45.6. The first-order chi connectivity index (χ1) is 20.9. The van der Waals surface area contributed by atoms with Crippen molar-refractivity contribution in [2.24, 2.45) is 52.3 Å². The van der Waals surface area contributed by atoms with Crippen molar-refractivity contribution in [3.05, 3.63) is 29.8 Å². The van der Waals surface area contributed by atoms with Crippen LogP contribution < -0.4 is 5.32 Å². The minimum Gasteiger partial charge on any atom is -0.508 e. The molecule has 5 N–H and O–H groups in total. The summed E-state index contributed by atoms with van der Waals surface area (Å²) in [6.07, 6.45) is 7.09. The van der Waals surface area contributed by atoms with E-state index < -0.39 is 18.2 Å². The van der Waals surface area contributed by atoms with Crippen molar-refractivity contribution in [1.82, 2.24) is 5.32 Å². The van der Waals surface area contributed by atoms with E-state index in [0.29, 0.717) is 38.3 Å². The number of aliphatic carboxylic acids is 1. The smallest absolute Gasteiger partial charge is 0.306 e. The molecule has 4 aliphatic rings. The van der Waals surface area contributed by atoms with E-state index in [2.05, 4.69) is 26.1 Å². The van der Waals surface area contributed by atoms with Gasteiger partial charge in [0.1, 0.15) is 5.75 Å². The Hall–Kier alpha value is -2.16. The van der Waals surface area contributed by atoms with Crippen molar-refractivity contribution in [3.8, 4) is 5.75 Å². The number of hydrogen-bond acceptors (Lipinski definition) is 6. The number of benzene rings is 1. The average molecular weight is 614 g/mol. The molecule has 0 saturated heterocycles. The Balaban J connectivity index is 1.17. The summed E-state index contributed by atoms with van der Waals surface area (Å²) in [5.74, 6) is 0.533. The van der Waals surface area contributed by atoms with Gasteiger partial charge in [-0.05, 0) is 122 Å². The Kier molecular flexibility index (Phi) is 10.0. The van der Waals surface area contributed by atoms with Crippen LogP contribution in [0.1, 0.15) is 91.0 Å². The molecule has 1 amide bonds. The van der Waals surface area contributed by atoms with Crippen LogP contribution in [-0.4, -0.2) is 63.8 Å². The van der Waals surface area contributed by atoms with E-state index in [-0.39, 0.29) is 70.5 Å². The van der Waals surface area contributed by atoms with E-state index in [4.69, 9.17) is 4.74 Å². The van der Waals surface area contributed by atoms with Crippen LogP contribution in [0.5, 0.6) is 5.75 Å². The molecule has 8 nitrogen and oxygen atoms in total. The molecule has 246 valence electrons. The lowest BCUT2D eigenvalue weighted by Crippen LogP contribution is -2.62. The number of aliphatic hydroxyl groups excluding tert-OH is 2. The van der Waals surface area contributed by atoms with Gasteiger partial charge in [0, 0.05) is 6.54 Å². The zero-order chi connectivity index (χ0) is 31.8. The topological polar surface area (TPSA) is 136 Å². The normalized spacial score (nSPS) is 39.4. The predicted octanol–water partition coefficient (Wildman–Crippen LogP) is 5.17. The maximum absolute atomic E-state index is 12.3. The number of aliphatic hydroxyl groups is 2. The number of ether oxygens (including phenoxy) is 1. The second kappa shape index (κ2) is 13.3. The highest BCUT2D eigenvalue weighted by Gasteiger charge is 2.65. The van der Waals surface area contributed by atoms with Gasteiger partial charge in [0.15, 0.2) is 0 Å². The molecule has 5 rings (SSSR count). The van der Waals surface area contributed by atoms with Crippen LogP contribution in [0.3, 0.4) is 0 Å². The van der Waals surface area contributed by atoms with Gasteiger partial charge >= 0.3 is 5.97 Å². The van der Waals surface area contributed by atoms with Gasteiger partial charge in [0.2, 0.25) is 5.91 Å². The quantitative estimate of drug-likeness (QED) is 0.217. The summed E-state index contributed by atoms with van der Waals surface area (Å²) in [5.41, 5.74) is 0.597. The molecule has 0 bridgehead atoms. The Labute approximate surface area is 263 Å². The Morgan fingerprint density at radius 1 is 1.05 bits per heavy atom. The van der Waals surface area contributed by atoms with Crippen molar-refractivity contribution >= 4 is 11.9 Å². The number of hydrogen-bond donors (Lipinski definition) is 5. The van der Waals surface area contributed by atoms with Crippen LogP contribution in [0.25, 0.3) is 0 Å². The number of phenols is 1. The minimum atomic E-state index is -0.722. The zero-order valence-corrected chi connectivity index (χ0v) is 27.1. The van der Waals surface area contributed by atoms with E-state index in [1.165, 1.54) is 0 Å². The Bertz CT molecular complexity index is 1160. The number of nitrogens with one attached hydrogen (secondary N) is 1. The molecule has 12 unspecified atom stereocenters. The van der Waals surface area contributed by atoms with Gasteiger partial charge in [-0.15, -0.1) is 0 Å². The van der Waals surface area contributed by atoms with Crippen LogP contribution in [-0.2, 0) is 20.7 Å². The average Bonchev–Trinajstić information content (AvgIpc) is 3.34. The molecule has 0 aliphatic heterocycles. The third-order valence-corrected chi connectivity index (χ3v) is 13.1. The van der Waals surface area contributed by atoms with Gasteiger partial charge < -0.3 is 30.5 Å². The highest BCUT2D eigenvalue weighted by molar-refractivity contribution is 5.78. The molecule has 1 aromatic carbocycles. The Morgan fingerprint density at radius 2 is 1.77 bits per heavy atom. The maximum Gasteiger partial charge on any atom is 0.306 e. The van der Waals surface area contributed by atoms with Crippen molar-refractivity contribution in [2.45, 2.75) is 110 Å². The van der Waals surface area contributed by atoms with Gasteiger partial charge in [-0.2, -0.15) is 0 Å². The summed E-state index contributed by atoms with van der Waals surface area (Å²) in [4.78, 5) is 24.1. The molecule has 4 aliphatic carbocycles. The monoisotopic (exact) mass is 613 g/mol. The molecule has 44 heavy (non-hydrogen) atoms. The Morgan fingerprint density at radius 3 is 2.45 bits per heavy atom. The lowest BCUT2D eigenvalue weighted by molar-refractivity contribution is -0.209. The van der Waals surface area contributed by atoms with Crippen LogP contribution in [0.2, 0.25) is 0 Å². The van der Waals surface area contributed by atoms with Gasteiger partial charge in [-0.3, -0.25) is 9.59 Å². The summed E-state index contributed by atoms with van der Waals surface area (Å²) >= 11 is 0. The number of fused-ring (bicyclic) bond motifs is 5. The number of carboxylic acid groups (broad SMARTS) is 1. The first-order valence-electron chi connectivity index (χ1n) is 17.1. The van der Waals surface area contributed by atoms with Crippen LogP contribution in [0.15, 0.2) is 24.3 Å². The van der Waals surface area contributed by atoms with Gasteiger partial charge in [-0.1, -0.05) is 39.8 Å². The van der Waals surface area contributed by atoms with Crippen molar-refractivity contribution in [1.29, 1.82) is 0 Å². The zero-order valence-electron chi connectivity index (χ0n) is 27.1. The van der Waals surface area contributed by atoms with E-state index in [9.17, 15) is 30.0 Å². The number of rotatable bonds is 11. The van der Waals surface area contributed by atoms with E-state index in [1.54, 1.807) is 24.3 Å². The molecular formula is C36H55NO7. The van der Waals surface area contributed by atoms with Crippen molar-refractivity contribution in [2.75, 3.05) is 13.2 Å². The molecule has 12 atom stereocenters. The first kappa shape index (κ1) is 33.2. The molecule has 4 fully saturated rings. The van der Waals surface area contributed by atoms with Gasteiger partial charge in [0.05, 0.1) is 37.3 Å². The lowest BCUT2D eigenvalue weighted by Gasteiger charge is -2.63. The number of phenolic OH excluding ortho intramolecular Hbond substituents is 1.